The second kappa shape index (κ2) is 6.86. The molecule has 0 aromatic heterocycles. The first-order valence-corrected chi connectivity index (χ1v) is 9.97. The molecule has 0 fully saturated rings. The van der Waals surface area contributed by atoms with Crippen LogP contribution in [0.2, 0.25) is 0 Å². The van der Waals surface area contributed by atoms with Crippen LogP contribution in [0.5, 0.6) is 0 Å². The summed E-state index contributed by atoms with van der Waals surface area (Å²) in [5, 5.41) is 5.97. The van der Waals surface area contributed by atoms with Gasteiger partial charge in [-0.3, -0.25) is 0 Å². The summed E-state index contributed by atoms with van der Waals surface area (Å²) in [6.45, 7) is 0. The van der Waals surface area contributed by atoms with Gasteiger partial charge in [-0.2, -0.15) is 0 Å². The molecule has 0 nitrogen and oxygen atoms in total. The van der Waals surface area contributed by atoms with Crippen molar-refractivity contribution in [3.05, 3.63) is 121 Å². The van der Waals surface area contributed by atoms with Crippen molar-refractivity contribution in [2.75, 3.05) is 0 Å². The highest BCUT2D eigenvalue weighted by Gasteiger charge is 2.16. The van der Waals surface area contributed by atoms with Gasteiger partial charge in [0.2, 0.25) is 0 Å². The Hall–Kier alpha value is -3.90. The molecule has 0 saturated carbocycles. The lowest BCUT2D eigenvalue weighted by Crippen LogP contribution is -1.90. The van der Waals surface area contributed by atoms with E-state index in [1.54, 1.807) is 0 Å². The van der Waals surface area contributed by atoms with E-state index in [4.69, 9.17) is 6.85 Å². The van der Waals surface area contributed by atoms with E-state index >= 15 is 0 Å². The summed E-state index contributed by atoms with van der Waals surface area (Å²) in [4.78, 5) is 0. The second-order valence-electron chi connectivity index (χ2n) is 7.40. The van der Waals surface area contributed by atoms with Crippen molar-refractivity contribution < 1.29 is 6.85 Å². The van der Waals surface area contributed by atoms with Crippen LogP contribution >= 0.6 is 0 Å². The SMILES string of the molecule is [2H]c1c([2H])c([2H])c(-c2c3ccccc3c(-c3ccc4ccccc4c3)c3ccccc23)c([2H])c1[2H]. The van der Waals surface area contributed by atoms with Crippen molar-refractivity contribution in [3.8, 4) is 22.3 Å². The molecule has 0 amide bonds. The maximum absolute atomic E-state index is 8.66. The summed E-state index contributed by atoms with van der Waals surface area (Å²) >= 11 is 0. The largest absolute Gasteiger partial charge is 0.0629 e. The molecule has 30 heavy (non-hydrogen) atoms. The maximum atomic E-state index is 8.66. The maximum Gasteiger partial charge on any atom is 0.0629 e. The molecule has 0 spiro atoms. The minimum Gasteiger partial charge on any atom is -0.0622 e. The highest BCUT2D eigenvalue weighted by Crippen LogP contribution is 2.43. The molecule has 0 heterocycles. The fourth-order valence-corrected chi connectivity index (χ4v) is 4.43. The summed E-state index contributed by atoms with van der Waals surface area (Å²) in [6.07, 6.45) is 0. The van der Waals surface area contributed by atoms with Crippen molar-refractivity contribution in [2.45, 2.75) is 0 Å². The van der Waals surface area contributed by atoms with Crippen LogP contribution in [0.3, 0.4) is 0 Å². The highest BCUT2D eigenvalue weighted by molar-refractivity contribution is 6.21. The Morgan fingerprint density at radius 3 is 1.53 bits per heavy atom. The smallest absolute Gasteiger partial charge is 0.0622 e. The third-order valence-electron chi connectivity index (χ3n) is 5.72. The van der Waals surface area contributed by atoms with Gasteiger partial charge in [-0.15, -0.1) is 0 Å². The minimum absolute atomic E-state index is 0.190. The molecule has 0 unspecified atom stereocenters. The average Bonchev–Trinajstić information content (AvgIpc) is 2.90. The average molecular weight is 386 g/mol. The molecule has 0 aliphatic rings. The molecule has 6 rings (SSSR count). The van der Waals surface area contributed by atoms with Crippen molar-refractivity contribution in [3.63, 3.8) is 0 Å². The molecular weight excluding hydrogens is 360 g/mol. The van der Waals surface area contributed by atoms with Gasteiger partial charge >= 0.3 is 0 Å². The van der Waals surface area contributed by atoms with Gasteiger partial charge in [-0.05, 0) is 60.6 Å². The Bertz CT molecular complexity index is 1720. The minimum atomic E-state index is -0.384. The summed E-state index contributed by atoms with van der Waals surface area (Å²) in [5.41, 5.74) is 3.04. The molecule has 0 bridgehead atoms. The van der Waals surface area contributed by atoms with Gasteiger partial charge < -0.3 is 0 Å². The standard InChI is InChI=1S/C30H20/c1-2-11-22(12-3-1)29-25-14-6-8-16-27(25)30(28-17-9-7-15-26(28)29)24-19-18-21-10-4-5-13-23(21)20-24/h1-20H/i1D,2D,3D,11D,12D. The van der Waals surface area contributed by atoms with Crippen molar-refractivity contribution in [1.29, 1.82) is 0 Å². The Kier molecular flexibility index (Phi) is 2.89. The van der Waals surface area contributed by atoms with Crippen LogP contribution in [-0.2, 0) is 0 Å². The molecule has 6 aromatic carbocycles. The Morgan fingerprint density at radius 2 is 0.933 bits per heavy atom. The molecule has 0 saturated heterocycles. The molecule has 6 aromatic rings. The summed E-state index contributed by atoms with van der Waals surface area (Å²) in [5.74, 6) is 0. The first kappa shape index (κ1) is 12.6. The van der Waals surface area contributed by atoms with Crippen molar-refractivity contribution in [2.24, 2.45) is 0 Å². The zero-order valence-electron chi connectivity index (χ0n) is 21.2. The van der Waals surface area contributed by atoms with Gasteiger partial charge in [-0.1, -0.05) is 115 Å². The van der Waals surface area contributed by atoms with Crippen LogP contribution in [0.1, 0.15) is 6.85 Å². The van der Waals surface area contributed by atoms with E-state index in [-0.39, 0.29) is 35.8 Å². The van der Waals surface area contributed by atoms with Crippen LogP contribution < -0.4 is 0 Å². The Morgan fingerprint density at radius 1 is 0.433 bits per heavy atom. The molecule has 0 aliphatic carbocycles. The second-order valence-corrected chi connectivity index (χ2v) is 7.40. The zero-order chi connectivity index (χ0) is 24.3. The molecule has 0 N–H and O–H groups in total. The normalized spacial score (nSPS) is 13.7. The number of hydrogen-bond acceptors (Lipinski definition) is 0. The topological polar surface area (TPSA) is 0 Å². The van der Waals surface area contributed by atoms with E-state index < -0.39 is 0 Å². The van der Waals surface area contributed by atoms with Gasteiger partial charge in [0.15, 0.2) is 0 Å². The third-order valence-corrected chi connectivity index (χ3v) is 5.72. The first-order chi connectivity index (χ1) is 17.0. The lowest BCUT2D eigenvalue weighted by molar-refractivity contribution is 1.66. The number of fused-ring (bicyclic) bond motifs is 3. The van der Waals surface area contributed by atoms with E-state index in [2.05, 4.69) is 30.3 Å². The lowest BCUT2D eigenvalue weighted by atomic mass is 9.85. The molecule has 0 aliphatic heterocycles. The van der Waals surface area contributed by atoms with E-state index in [1.165, 1.54) is 5.39 Å². The van der Waals surface area contributed by atoms with Gasteiger partial charge in [0, 0.05) is 0 Å². The molecule has 0 radical (unpaired) electrons. The fourth-order valence-electron chi connectivity index (χ4n) is 4.43. The molecule has 0 heteroatoms. The van der Waals surface area contributed by atoms with Gasteiger partial charge in [0.25, 0.3) is 0 Å². The van der Waals surface area contributed by atoms with Crippen molar-refractivity contribution >= 4 is 32.3 Å². The Labute approximate surface area is 183 Å². The molecule has 140 valence electrons. The number of rotatable bonds is 2. The van der Waals surface area contributed by atoms with Crippen LogP contribution in [0.15, 0.2) is 121 Å². The summed E-state index contributed by atoms with van der Waals surface area (Å²) in [6, 6.07) is 29.1. The predicted octanol–water partition coefficient (Wildman–Crippen LogP) is 8.48. The van der Waals surface area contributed by atoms with Crippen molar-refractivity contribution in [1.82, 2.24) is 0 Å². The number of hydrogen-bond donors (Lipinski definition) is 0. The van der Waals surface area contributed by atoms with Gasteiger partial charge in [-0.25, -0.2) is 0 Å². The molecule has 0 atom stereocenters. The van der Waals surface area contributed by atoms with E-state index in [1.807, 2.05) is 60.7 Å². The van der Waals surface area contributed by atoms with Crippen LogP contribution in [0.25, 0.3) is 54.6 Å². The van der Waals surface area contributed by atoms with Crippen LogP contribution in [0.4, 0.5) is 0 Å². The Balaban J connectivity index is 1.81. The monoisotopic (exact) mass is 385 g/mol. The van der Waals surface area contributed by atoms with E-state index in [0.717, 1.165) is 38.1 Å². The number of benzene rings is 6. The zero-order valence-corrected chi connectivity index (χ0v) is 16.2. The van der Waals surface area contributed by atoms with Crippen LogP contribution in [-0.4, -0.2) is 0 Å². The van der Waals surface area contributed by atoms with Gasteiger partial charge in [0.05, 0.1) is 6.85 Å². The van der Waals surface area contributed by atoms with E-state index in [9.17, 15) is 0 Å². The quantitative estimate of drug-likeness (QED) is 0.262. The first-order valence-electron chi connectivity index (χ1n) is 12.5. The van der Waals surface area contributed by atoms with Crippen LogP contribution in [0, 0.1) is 0 Å². The fraction of sp³-hybridized carbons (Fsp3) is 0. The summed E-state index contributed by atoms with van der Waals surface area (Å²) in [7, 11) is 0. The molecular formula is C30H20. The summed E-state index contributed by atoms with van der Waals surface area (Å²) < 4.78 is 41.9. The van der Waals surface area contributed by atoms with Gasteiger partial charge in [0.1, 0.15) is 0 Å². The highest BCUT2D eigenvalue weighted by atomic mass is 14.2. The third kappa shape index (κ3) is 2.62. The lowest BCUT2D eigenvalue weighted by Gasteiger charge is -2.18. The predicted molar refractivity (Wildman–Crippen MR) is 130 cm³/mol. The van der Waals surface area contributed by atoms with E-state index in [0.29, 0.717) is 5.56 Å².